The number of hydrogen-bond acceptors (Lipinski definition) is 2. The first-order valence-electron chi connectivity index (χ1n) is 4.36. The highest BCUT2D eigenvalue weighted by Crippen LogP contribution is 2.20. The summed E-state index contributed by atoms with van der Waals surface area (Å²) in [6.45, 7) is 2.02. The molecule has 0 saturated heterocycles. The fourth-order valence-electron chi connectivity index (χ4n) is 1.49. The Morgan fingerprint density at radius 2 is 2.29 bits per heavy atom. The maximum absolute atomic E-state index is 10.2. The quantitative estimate of drug-likeness (QED) is 0.727. The van der Waals surface area contributed by atoms with Crippen LogP contribution in [-0.2, 0) is 11.8 Å². The molecule has 1 amide bonds. The fraction of sp³-hybridized carbons (Fsp3) is 0.200. The van der Waals surface area contributed by atoms with Crippen LogP contribution < -0.4 is 5.32 Å². The van der Waals surface area contributed by atoms with Crippen LogP contribution in [0.25, 0.3) is 10.9 Å². The van der Waals surface area contributed by atoms with Gasteiger partial charge in [0.2, 0.25) is 6.41 Å². The summed E-state index contributed by atoms with van der Waals surface area (Å²) in [5.41, 5.74) is 2.79. The number of carbonyl (C=O) groups is 1. The third-order valence-corrected chi connectivity index (χ3v) is 2.36. The zero-order valence-corrected chi connectivity index (χ0v) is 8.11. The van der Waals surface area contributed by atoms with Gasteiger partial charge in [-0.05, 0) is 25.1 Å². The first kappa shape index (κ1) is 8.74. The maximum atomic E-state index is 10.2. The Bertz CT molecular complexity index is 487. The summed E-state index contributed by atoms with van der Waals surface area (Å²) >= 11 is 0. The van der Waals surface area contributed by atoms with Crippen LogP contribution in [0.5, 0.6) is 0 Å². The second kappa shape index (κ2) is 3.14. The molecule has 0 bridgehead atoms. The minimum atomic E-state index is 0.664. The molecule has 1 N–H and O–H groups in total. The SMILES string of the molecule is Cc1c2ccc(NC=O)cc2nn1C. The van der Waals surface area contributed by atoms with Crippen molar-refractivity contribution < 1.29 is 4.79 Å². The highest BCUT2D eigenvalue weighted by Gasteiger charge is 2.04. The highest BCUT2D eigenvalue weighted by atomic mass is 16.1. The van der Waals surface area contributed by atoms with Gasteiger partial charge >= 0.3 is 0 Å². The van der Waals surface area contributed by atoms with Crippen molar-refractivity contribution in [2.75, 3.05) is 5.32 Å². The number of nitrogens with one attached hydrogen (secondary N) is 1. The molecule has 4 nitrogen and oxygen atoms in total. The monoisotopic (exact) mass is 189 g/mol. The van der Waals surface area contributed by atoms with Gasteiger partial charge in [0.05, 0.1) is 5.52 Å². The van der Waals surface area contributed by atoms with Crippen molar-refractivity contribution in [3.8, 4) is 0 Å². The summed E-state index contributed by atoms with van der Waals surface area (Å²) in [4.78, 5) is 10.2. The topological polar surface area (TPSA) is 46.9 Å². The predicted octanol–water partition coefficient (Wildman–Crippen LogP) is 1.45. The Labute approximate surface area is 81.5 Å². The zero-order chi connectivity index (χ0) is 10.1. The minimum absolute atomic E-state index is 0.664. The highest BCUT2D eigenvalue weighted by molar-refractivity contribution is 5.86. The van der Waals surface area contributed by atoms with E-state index >= 15 is 0 Å². The van der Waals surface area contributed by atoms with Gasteiger partial charge in [-0.2, -0.15) is 5.10 Å². The second-order valence-corrected chi connectivity index (χ2v) is 3.20. The number of aryl methyl sites for hydroxylation is 2. The molecule has 0 aliphatic rings. The lowest BCUT2D eigenvalue weighted by Crippen LogP contribution is -1.92. The van der Waals surface area contributed by atoms with Gasteiger partial charge in [0.25, 0.3) is 0 Å². The van der Waals surface area contributed by atoms with Gasteiger partial charge in [-0.3, -0.25) is 9.48 Å². The maximum Gasteiger partial charge on any atom is 0.211 e. The van der Waals surface area contributed by atoms with Crippen LogP contribution in [0.2, 0.25) is 0 Å². The molecule has 72 valence electrons. The summed E-state index contributed by atoms with van der Waals surface area (Å²) in [6, 6.07) is 5.69. The Hall–Kier alpha value is -1.84. The van der Waals surface area contributed by atoms with E-state index < -0.39 is 0 Å². The predicted molar refractivity (Wildman–Crippen MR) is 55.1 cm³/mol. The molecule has 0 aliphatic carbocycles. The first-order valence-corrected chi connectivity index (χ1v) is 4.36. The smallest absolute Gasteiger partial charge is 0.211 e. The number of rotatable bonds is 2. The summed E-state index contributed by atoms with van der Waals surface area (Å²) in [6.07, 6.45) is 0.664. The number of hydrogen-bond donors (Lipinski definition) is 1. The number of anilines is 1. The molecule has 0 aliphatic heterocycles. The average Bonchev–Trinajstić information content (AvgIpc) is 2.43. The average molecular weight is 189 g/mol. The summed E-state index contributed by atoms with van der Waals surface area (Å²) < 4.78 is 1.83. The lowest BCUT2D eigenvalue weighted by atomic mass is 10.2. The van der Waals surface area contributed by atoms with Gasteiger partial charge in [0, 0.05) is 23.8 Å². The largest absolute Gasteiger partial charge is 0.329 e. The van der Waals surface area contributed by atoms with Crippen molar-refractivity contribution in [3.05, 3.63) is 23.9 Å². The molecule has 1 aromatic carbocycles. The van der Waals surface area contributed by atoms with E-state index in [0.717, 1.165) is 22.3 Å². The molecule has 2 rings (SSSR count). The van der Waals surface area contributed by atoms with E-state index in [1.54, 1.807) is 0 Å². The molecule has 0 fully saturated rings. The third kappa shape index (κ3) is 1.25. The second-order valence-electron chi connectivity index (χ2n) is 3.20. The van der Waals surface area contributed by atoms with E-state index in [9.17, 15) is 4.79 Å². The molecule has 0 atom stereocenters. The number of aromatic nitrogens is 2. The first-order chi connectivity index (χ1) is 6.72. The molecule has 0 unspecified atom stereocenters. The van der Waals surface area contributed by atoms with Gasteiger partial charge in [-0.15, -0.1) is 0 Å². The Balaban J connectivity index is 2.61. The van der Waals surface area contributed by atoms with Crippen LogP contribution in [0.15, 0.2) is 18.2 Å². The number of benzene rings is 1. The van der Waals surface area contributed by atoms with E-state index in [4.69, 9.17) is 0 Å². The standard InChI is InChI=1S/C10H11N3O/c1-7-9-4-3-8(11-6-14)5-10(9)12-13(7)2/h3-6H,1-2H3,(H,11,14). The van der Waals surface area contributed by atoms with Crippen LogP contribution in [0.1, 0.15) is 5.69 Å². The van der Waals surface area contributed by atoms with E-state index in [-0.39, 0.29) is 0 Å². The van der Waals surface area contributed by atoms with Crippen molar-refractivity contribution in [1.29, 1.82) is 0 Å². The van der Waals surface area contributed by atoms with Crippen LogP contribution >= 0.6 is 0 Å². The van der Waals surface area contributed by atoms with Crippen molar-refractivity contribution in [1.82, 2.24) is 9.78 Å². The van der Waals surface area contributed by atoms with Crippen LogP contribution in [0, 0.1) is 6.92 Å². The van der Waals surface area contributed by atoms with E-state index in [1.807, 2.05) is 36.9 Å². The summed E-state index contributed by atoms with van der Waals surface area (Å²) in [5.74, 6) is 0. The van der Waals surface area contributed by atoms with Crippen molar-refractivity contribution in [3.63, 3.8) is 0 Å². The van der Waals surface area contributed by atoms with E-state index in [0.29, 0.717) is 6.41 Å². The Morgan fingerprint density at radius 1 is 1.50 bits per heavy atom. The molecular weight excluding hydrogens is 178 g/mol. The number of nitrogens with zero attached hydrogens (tertiary/aromatic N) is 2. The number of fused-ring (bicyclic) bond motifs is 1. The van der Waals surface area contributed by atoms with Crippen LogP contribution in [-0.4, -0.2) is 16.2 Å². The number of carbonyl (C=O) groups excluding carboxylic acids is 1. The molecule has 0 saturated carbocycles. The van der Waals surface area contributed by atoms with Crippen LogP contribution in [0.3, 0.4) is 0 Å². The lowest BCUT2D eigenvalue weighted by Gasteiger charge is -1.96. The molecule has 2 aromatic rings. The van der Waals surface area contributed by atoms with Crippen molar-refractivity contribution >= 4 is 23.0 Å². The summed E-state index contributed by atoms with van der Waals surface area (Å²) in [7, 11) is 1.90. The summed E-state index contributed by atoms with van der Waals surface area (Å²) in [5, 5.41) is 8.03. The Kier molecular flexibility index (Phi) is 1.96. The molecule has 0 radical (unpaired) electrons. The van der Waals surface area contributed by atoms with Crippen molar-refractivity contribution in [2.45, 2.75) is 6.92 Å². The van der Waals surface area contributed by atoms with Crippen LogP contribution in [0.4, 0.5) is 5.69 Å². The van der Waals surface area contributed by atoms with E-state index in [1.165, 1.54) is 0 Å². The van der Waals surface area contributed by atoms with Gasteiger partial charge in [-0.25, -0.2) is 0 Å². The Morgan fingerprint density at radius 3 is 3.00 bits per heavy atom. The normalized spacial score (nSPS) is 10.4. The molecule has 4 heteroatoms. The molecular formula is C10H11N3O. The fourth-order valence-corrected chi connectivity index (χ4v) is 1.49. The van der Waals surface area contributed by atoms with Gasteiger partial charge in [-0.1, -0.05) is 0 Å². The van der Waals surface area contributed by atoms with Gasteiger partial charge in [0.1, 0.15) is 0 Å². The van der Waals surface area contributed by atoms with Gasteiger partial charge < -0.3 is 5.32 Å². The molecule has 0 spiro atoms. The van der Waals surface area contributed by atoms with Gasteiger partial charge in [0.15, 0.2) is 0 Å². The minimum Gasteiger partial charge on any atom is -0.329 e. The molecule has 1 heterocycles. The lowest BCUT2D eigenvalue weighted by molar-refractivity contribution is -0.105. The zero-order valence-electron chi connectivity index (χ0n) is 8.11. The molecule has 14 heavy (non-hydrogen) atoms. The van der Waals surface area contributed by atoms with Crippen molar-refractivity contribution in [2.24, 2.45) is 7.05 Å². The number of amides is 1. The third-order valence-electron chi connectivity index (χ3n) is 2.36. The molecule has 1 aromatic heterocycles. The van der Waals surface area contributed by atoms with E-state index in [2.05, 4.69) is 10.4 Å².